The SMILES string of the molecule is CC(=O)Oc1c(C)c(C)c2c(c1C)CCC(C)(CS(=O)c1ccc(NS(C)(=O)=O)cc1)O2. The van der Waals surface area contributed by atoms with Crippen LogP contribution in [0.15, 0.2) is 29.2 Å². The van der Waals surface area contributed by atoms with E-state index >= 15 is 0 Å². The van der Waals surface area contributed by atoms with E-state index in [4.69, 9.17) is 9.47 Å². The molecule has 2 atom stereocenters. The standard InChI is InChI=1S/C23H29NO6S2/c1-14-15(2)22-20(16(3)21(14)29-17(4)25)11-12-23(5,30-22)13-31(26)19-9-7-18(8-10-19)24-32(6,27)28/h7-10,24H,11-13H2,1-6H3. The summed E-state index contributed by atoms with van der Waals surface area (Å²) in [5.74, 6) is 1.31. The largest absolute Gasteiger partial charge is 0.486 e. The zero-order valence-electron chi connectivity index (χ0n) is 19.2. The van der Waals surface area contributed by atoms with Crippen molar-refractivity contribution in [3.05, 3.63) is 46.5 Å². The number of carbonyl (C=O) groups is 1. The lowest BCUT2D eigenvalue weighted by molar-refractivity contribution is -0.132. The fraction of sp³-hybridized carbons (Fsp3) is 0.435. The zero-order valence-corrected chi connectivity index (χ0v) is 20.8. The van der Waals surface area contributed by atoms with Gasteiger partial charge in [0.05, 0.1) is 22.8 Å². The van der Waals surface area contributed by atoms with Crippen molar-refractivity contribution in [3.8, 4) is 11.5 Å². The van der Waals surface area contributed by atoms with Crippen molar-refractivity contribution < 1.29 is 26.9 Å². The number of rotatable bonds is 6. The molecule has 0 saturated carbocycles. The van der Waals surface area contributed by atoms with Crippen LogP contribution in [-0.2, 0) is 32.0 Å². The lowest BCUT2D eigenvalue weighted by Crippen LogP contribution is -2.42. The van der Waals surface area contributed by atoms with Crippen molar-refractivity contribution in [1.82, 2.24) is 0 Å². The molecule has 7 nitrogen and oxygen atoms in total. The van der Waals surface area contributed by atoms with Crippen LogP contribution in [0, 0.1) is 20.8 Å². The quantitative estimate of drug-likeness (QED) is 0.500. The molecule has 32 heavy (non-hydrogen) atoms. The van der Waals surface area contributed by atoms with Crippen LogP contribution in [0.3, 0.4) is 0 Å². The predicted molar refractivity (Wildman–Crippen MR) is 125 cm³/mol. The number of nitrogens with one attached hydrogen (secondary N) is 1. The lowest BCUT2D eigenvalue weighted by Gasteiger charge is -2.38. The molecule has 1 aliphatic rings. The van der Waals surface area contributed by atoms with Crippen molar-refractivity contribution in [2.24, 2.45) is 0 Å². The van der Waals surface area contributed by atoms with E-state index in [1.54, 1.807) is 24.3 Å². The molecule has 2 aromatic rings. The Morgan fingerprint density at radius 3 is 2.34 bits per heavy atom. The van der Waals surface area contributed by atoms with Gasteiger partial charge in [0.15, 0.2) is 0 Å². The van der Waals surface area contributed by atoms with Gasteiger partial charge in [0.1, 0.15) is 17.1 Å². The maximum atomic E-state index is 13.1. The van der Waals surface area contributed by atoms with E-state index in [-0.39, 0.29) is 5.97 Å². The second kappa shape index (κ2) is 8.86. The van der Waals surface area contributed by atoms with Gasteiger partial charge in [-0.3, -0.25) is 13.7 Å². The third kappa shape index (κ3) is 5.32. The van der Waals surface area contributed by atoms with E-state index in [1.165, 1.54) is 6.92 Å². The Hall–Kier alpha value is -2.39. The third-order valence-electron chi connectivity index (χ3n) is 5.67. The smallest absolute Gasteiger partial charge is 0.308 e. The van der Waals surface area contributed by atoms with E-state index in [0.717, 1.165) is 40.7 Å². The minimum atomic E-state index is -3.37. The minimum Gasteiger partial charge on any atom is -0.486 e. The highest BCUT2D eigenvalue weighted by Gasteiger charge is 2.36. The zero-order chi connectivity index (χ0) is 23.8. The average molecular weight is 480 g/mol. The first-order valence-electron chi connectivity index (χ1n) is 10.3. The number of ether oxygens (including phenoxy) is 2. The Kier molecular flexibility index (Phi) is 6.72. The average Bonchev–Trinajstić information content (AvgIpc) is 2.68. The summed E-state index contributed by atoms with van der Waals surface area (Å²) in [5, 5.41) is 0. The molecule has 3 rings (SSSR count). The molecular formula is C23H29NO6S2. The van der Waals surface area contributed by atoms with Gasteiger partial charge < -0.3 is 9.47 Å². The first kappa shape index (κ1) is 24.3. The highest BCUT2D eigenvalue weighted by molar-refractivity contribution is 7.92. The van der Waals surface area contributed by atoms with Gasteiger partial charge in [0, 0.05) is 23.1 Å². The summed E-state index contributed by atoms with van der Waals surface area (Å²) >= 11 is 0. The summed E-state index contributed by atoms with van der Waals surface area (Å²) in [4.78, 5) is 12.1. The van der Waals surface area contributed by atoms with Crippen LogP contribution in [0.25, 0.3) is 0 Å². The highest BCUT2D eigenvalue weighted by Crippen LogP contribution is 2.44. The molecule has 1 aliphatic heterocycles. The second-order valence-corrected chi connectivity index (χ2v) is 11.7. The molecule has 1 heterocycles. The third-order valence-corrected chi connectivity index (χ3v) is 7.94. The molecule has 0 aromatic heterocycles. The summed E-state index contributed by atoms with van der Waals surface area (Å²) < 4.78 is 50.1. The minimum absolute atomic E-state index is 0.300. The van der Waals surface area contributed by atoms with Crippen molar-refractivity contribution in [2.45, 2.75) is 58.0 Å². The lowest BCUT2D eigenvalue weighted by atomic mass is 9.88. The van der Waals surface area contributed by atoms with Crippen LogP contribution < -0.4 is 14.2 Å². The molecule has 174 valence electrons. The van der Waals surface area contributed by atoms with Crippen LogP contribution in [-0.4, -0.2) is 36.2 Å². The maximum absolute atomic E-state index is 13.1. The van der Waals surface area contributed by atoms with Crippen LogP contribution in [0.4, 0.5) is 5.69 Å². The molecule has 0 fully saturated rings. The van der Waals surface area contributed by atoms with Gasteiger partial charge >= 0.3 is 5.97 Å². The topological polar surface area (TPSA) is 98.8 Å². The molecule has 9 heteroatoms. The normalized spacial score (nSPS) is 18.9. The number of benzene rings is 2. The molecule has 1 N–H and O–H groups in total. The fourth-order valence-corrected chi connectivity index (χ4v) is 5.86. The number of hydrogen-bond acceptors (Lipinski definition) is 6. The van der Waals surface area contributed by atoms with Crippen LogP contribution in [0.2, 0.25) is 0 Å². The molecule has 0 spiro atoms. The molecule has 0 aliphatic carbocycles. The molecular weight excluding hydrogens is 450 g/mol. The number of anilines is 1. The monoisotopic (exact) mass is 479 g/mol. The van der Waals surface area contributed by atoms with Crippen molar-refractivity contribution in [1.29, 1.82) is 0 Å². The van der Waals surface area contributed by atoms with E-state index in [0.29, 0.717) is 28.5 Å². The first-order valence-corrected chi connectivity index (χ1v) is 13.5. The van der Waals surface area contributed by atoms with Crippen molar-refractivity contribution in [2.75, 3.05) is 16.7 Å². The summed E-state index contributed by atoms with van der Waals surface area (Å²) in [7, 11) is -4.70. The van der Waals surface area contributed by atoms with Crippen molar-refractivity contribution in [3.63, 3.8) is 0 Å². The Balaban J connectivity index is 1.82. The summed E-state index contributed by atoms with van der Waals surface area (Å²) in [6.45, 7) is 9.12. The Morgan fingerprint density at radius 1 is 1.16 bits per heavy atom. The van der Waals surface area contributed by atoms with Crippen molar-refractivity contribution >= 4 is 32.5 Å². The number of sulfonamides is 1. The van der Waals surface area contributed by atoms with E-state index in [2.05, 4.69) is 4.72 Å². The number of hydrogen-bond donors (Lipinski definition) is 1. The van der Waals surface area contributed by atoms with Gasteiger partial charge in [0.25, 0.3) is 0 Å². The first-order chi connectivity index (χ1) is 14.8. The van der Waals surface area contributed by atoms with Gasteiger partial charge in [-0.05, 0) is 81.5 Å². The fourth-order valence-electron chi connectivity index (χ4n) is 3.93. The predicted octanol–water partition coefficient (Wildman–Crippen LogP) is 3.80. The van der Waals surface area contributed by atoms with Gasteiger partial charge in [0.2, 0.25) is 10.0 Å². The summed E-state index contributed by atoms with van der Waals surface area (Å²) in [6, 6.07) is 6.52. The van der Waals surface area contributed by atoms with Gasteiger partial charge in [-0.25, -0.2) is 8.42 Å². The highest BCUT2D eigenvalue weighted by atomic mass is 32.2. The summed E-state index contributed by atoms with van der Waals surface area (Å²) in [5.41, 5.74) is 3.48. The van der Waals surface area contributed by atoms with Gasteiger partial charge in [-0.2, -0.15) is 0 Å². The number of fused-ring (bicyclic) bond motifs is 1. The Morgan fingerprint density at radius 2 is 1.78 bits per heavy atom. The van der Waals surface area contributed by atoms with Crippen LogP contribution in [0.1, 0.15) is 42.5 Å². The van der Waals surface area contributed by atoms with Gasteiger partial charge in [-0.1, -0.05) is 0 Å². The second-order valence-electron chi connectivity index (χ2n) is 8.55. The Bertz CT molecular complexity index is 1190. The van der Waals surface area contributed by atoms with Gasteiger partial charge in [-0.15, -0.1) is 0 Å². The summed E-state index contributed by atoms with van der Waals surface area (Å²) in [6.07, 6.45) is 2.47. The molecule has 0 bridgehead atoms. The van der Waals surface area contributed by atoms with Crippen LogP contribution >= 0.6 is 0 Å². The maximum Gasteiger partial charge on any atom is 0.308 e. The number of carbonyl (C=O) groups excluding carboxylic acids is 1. The van der Waals surface area contributed by atoms with E-state index in [1.807, 2.05) is 27.7 Å². The van der Waals surface area contributed by atoms with E-state index < -0.39 is 26.4 Å². The Labute approximate surface area is 192 Å². The van der Waals surface area contributed by atoms with E-state index in [9.17, 15) is 17.4 Å². The molecule has 0 radical (unpaired) electrons. The molecule has 2 aromatic carbocycles. The number of esters is 1. The molecule has 2 unspecified atom stereocenters. The molecule has 0 amide bonds. The molecule has 0 saturated heterocycles. The van der Waals surface area contributed by atoms with Crippen LogP contribution in [0.5, 0.6) is 11.5 Å².